The third kappa shape index (κ3) is 4.88. The first-order valence-corrected chi connectivity index (χ1v) is 10.4. The lowest BCUT2D eigenvalue weighted by Crippen LogP contribution is -2.03. The van der Waals surface area contributed by atoms with Gasteiger partial charge in [-0.25, -0.2) is 4.98 Å². The predicted octanol–water partition coefficient (Wildman–Crippen LogP) is 6.14. The van der Waals surface area contributed by atoms with Crippen molar-refractivity contribution in [2.45, 2.75) is 31.2 Å². The number of carbonyl (C=O) groups excluding carboxylic acids is 1. The van der Waals surface area contributed by atoms with Gasteiger partial charge in [0.1, 0.15) is 16.9 Å². The summed E-state index contributed by atoms with van der Waals surface area (Å²) in [6, 6.07) is 24.0. The number of hydrogen-bond donors (Lipinski definition) is 0. The number of ketones is 1. The lowest BCUT2D eigenvalue weighted by molar-refractivity contribution is -0.116. The number of rotatable bonds is 8. The van der Waals surface area contributed by atoms with E-state index in [0.29, 0.717) is 22.8 Å². The quantitative estimate of drug-likeness (QED) is 0.436. The fraction of sp³-hybridized carbons (Fsp3) is 0.208. The topological polar surface area (TPSA) is 53.8 Å². The van der Waals surface area contributed by atoms with Crippen LogP contribution in [0.15, 0.2) is 71.8 Å². The van der Waals surface area contributed by atoms with Crippen molar-refractivity contribution in [3.05, 3.63) is 72.3 Å². The van der Waals surface area contributed by atoms with Crippen molar-refractivity contribution in [3.8, 4) is 28.5 Å². The lowest BCUT2D eigenvalue weighted by Gasteiger charge is -2.12. The Morgan fingerprint density at radius 1 is 1.04 bits per heavy atom. The summed E-state index contributed by atoms with van der Waals surface area (Å²) in [5.41, 5.74) is 4.14. The molecule has 140 valence electrons. The maximum atomic E-state index is 12.2. The van der Waals surface area contributed by atoms with Crippen molar-refractivity contribution < 1.29 is 4.79 Å². The molecular formula is C24H22N2OS. The number of nitriles is 1. The third-order valence-electron chi connectivity index (χ3n) is 4.43. The van der Waals surface area contributed by atoms with Gasteiger partial charge in [-0.2, -0.15) is 5.26 Å². The van der Waals surface area contributed by atoms with E-state index in [9.17, 15) is 10.1 Å². The Morgan fingerprint density at radius 2 is 1.68 bits per heavy atom. The molecule has 0 bridgehead atoms. The summed E-state index contributed by atoms with van der Waals surface area (Å²) in [5.74, 6) is 0.539. The number of pyridine rings is 1. The van der Waals surface area contributed by atoms with E-state index in [4.69, 9.17) is 4.98 Å². The average Bonchev–Trinajstić information content (AvgIpc) is 2.76. The van der Waals surface area contributed by atoms with Gasteiger partial charge >= 0.3 is 0 Å². The van der Waals surface area contributed by atoms with Crippen LogP contribution in [0.3, 0.4) is 0 Å². The van der Waals surface area contributed by atoms with Gasteiger partial charge in [-0.15, -0.1) is 0 Å². The van der Waals surface area contributed by atoms with Gasteiger partial charge in [0.05, 0.1) is 17.0 Å². The summed E-state index contributed by atoms with van der Waals surface area (Å²) in [4.78, 5) is 16.9. The molecule has 1 heterocycles. The lowest BCUT2D eigenvalue weighted by atomic mass is 9.99. The molecule has 0 amide bonds. The van der Waals surface area contributed by atoms with E-state index in [1.807, 2.05) is 66.7 Å². The second-order valence-corrected chi connectivity index (χ2v) is 7.47. The molecule has 0 spiro atoms. The number of benzene rings is 2. The van der Waals surface area contributed by atoms with E-state index in [2.05, 4.69) is 13.0 Å². The van der Waals surface area contributed by atoms with E-state index in [1.54, 1.807) is 0 Å². The monoisotopic (exact) mass is 386 g/mol. The molecule has 1 aromatic heterocycles. The molecule has 3 rings (SSSR count). The molecule has 0 radical (unpaired) electrons. The Kier molecular flexibility index (Phi) is 7.00. The van der Waals surface area contributed by atoms with Crippen LogP contribution in [0.2, 0.25) is 0 Å². The number of unbranched alkanes of at least 4 members (excludes halogenated alkanes) is 1. The highest BCUT2D eigenvalue weighted by Crippen LogP contribution is 2.34. The first-order valence-electron chi connectivity index (χ1n) is 9.43. The Morgan fingerprint density at radius 3 is 2.29 bits per heavy atom. The van der Waals surface area contributed by atoms with Crippen molar-refractivity contribution >= 4 is 17.5 Å². The average molecular weight is 387 g/mol. The van der Waals surface area contributed by atoms with Crippen molar-refractivity contribution in [1.29, 1.82) is 5.26 Å². The summed E-state index contributed by atoms with van der Waals surface area (Å²) in [6.07, 6.45) is 2.48. The summed E-state index contributed by atoms with van der Waals surface area (Å²) in [7, 11) is 0. The predicted molar refractivity (Wildman–Crippen MR) is 115 cm³/mol. The molecule has 4 heteroatoms. The van der Waals surface area contributed by atoms with Gasteiger partial charge in [0.2, 0.25) is 0 Å². The number of carbonyl (C=O) groups is 1. The molecule has 0 aliphatic heterocycles. The van der Waals surface area contributed by atoms with Crippen LogP contribution >= 0.6 is 11.8 Å². The minimum Gasteiger partial charge on any atom is -0.299 e. The highest BCUT2D eigenvalue weighted by molar-refractivity contribution is 8.00. The van der Waals surface area contributed by atoms with Crippen molar-refractivity contribution in [3.63, 3.8) is 0 Å². The molecule has 0 atom stereocenters. The molecule has 0 unspecified atom stereocenters. The van der Waals surface area contributed by atoms with Crippen LogP contribution in [-0.4, -0.2) is 16.5 Å². The maximum Gasteiger partial charge on any atom is 0.143 e. The number of thioether (sulfide) groups is 1. The molecule has 0 fully saturated rings. The van der Waals surface area contributed by atoms with Crippen molar-refractivity contribution in [2.75, 3.05) is 5.75 Å². The van der Waals surface area contributed by atoms with Crippen LogP contribution in [-0.2, 0) is 4.79 Å². The highest BCUT2D eigenvalue weighted by atomic mass is 32.2. The summed E-state index contributed by atoms with van der Waals surface area (Å²) in [5, 5.41) is 10.5. The van der Waals surface area contributed by atoms with Crippen LogP contribution in [0.4, 0.5) is 0 Å². The van der Waals surface area contributed by atoms with Gasteiger partial charge in [0.25, 0.3) is 0 Å². The molecule has 0 saturated carbocycles. The molecule has 3 nitrogen and oxygen atoms in total. The Hall–Kier alpha value is -2.90. The fourth-order valence-corrected chi connectivity index (χ4v) is 3.84. The van der Waals surface area contributed by atoms with E-state index in [0.717, 1.165) is 35.2 Å². The molecule has 0 N–H and O–H groups in total. The van der Waals surface area contributed by atoms with Gasteiger partial charge < -0.3 is 0 Å². The molecule has 2 aromatic carbocycles. The number of Topliss-reactive ketones (excluding diaryl/α,β-unsaturated/α-hetero) is 1. The summed E-state index contributed by atoms with van der Waals surface area (Å²) >= 11 is 1.36. The molecular weight excluding hydrogens is 364 g/mol. The molecule has 0 aliphatic rings. The largest absolute Gasteiger partial charge is 0.299 e. The van der Waals surface area contributed by atoms with E-state index in [-0.39, 0.29) is 5.78 Å². The summed E-state index contributed by atoms with van der Waals surface area (Å²) in [6.45, 7) is 2.07. The van der Waals surface area contributed by atoms with Crippen LogP contribution in [0.5, 0.6) is 0 Å². The molecule has 0 aliphatic carbocycles. The second-order valence-electron chi connectivity index (χ2n) is 6.51. The SMILES string of the molecule is CCCCC(=O)CSc1nc(-c2ccccc2)cc(-c2ccccc2)c1C#N. The zero-order valence-corrected chi connectivity index (χ0v) is 16.7. The van der Waals surface area contributed by atoms with Crippen LogP contribution in [0, 0.1) is 11.3 Å². The van der Waals surface area contributed by atoms with E-state index < -0.39 is 0 Å². The maximum absolute atomic E-state index is 12.2. The van der Waals surface area contributed by atoms with Gasteiger partial charge in [-0.05, 0) is 18.1 Å². The van der Waals surface area contributed by atoms with Gasteiger partial charge in [-0.3, -0.25) is 4.79 Å². The second kappa shape index (κ2) is 9.87. The van der Waals surface area contributed by atoms with E-state index in [1.165, 1.54) is 11.8 Å². The van der Waals surface area contributed by atoms with Crippen molar-refractivity contribution in [1.82, 2.24) is 4.98 Å². The highest BCUT2D eigenvalue weighted by Gasteiger charge is 2.16. The number of aromatic nitrogens is 1. The number of hydrogen-bond acceptors (Lipinski definition) is 4. The standard InChI is InChI=1S/C24H22N2OS/c1-2-3-14-20(27)17-28-24-22(16-25)21(18-10-6-4-7-11-18)15-23(26-24)19-12-8-5-9-13-19/h4-13,15H,2-3,14,17H2,1H3. The van der Waals surface area contributed by atoms with Gasteiger partial charge in [0, 0.05) is 17.5 Å². The van der Waals surface area contributed by atoms with E-state index >= 15 is 0 Å². The molecule has 0 saturated heterocycles. The van der Waals surface area contributed by atoms with Gasteiger partial charge in [0.15, 0.2) is 0 Å². The van der Waals surface area contributed by atoms with Crippen molar-refractivity contribution in [2.24, 2.45) is 0 Å². The summed E-state index contributed by atoms with van der Waals surface area (Å²) < 4.78 is 0. The molecule has 3 aromatic rings. The zero-order valence-electron chi connectivity index (χ0n) is 15.9. The fourth-order valence-electron chi connectivity index (χ4n) is 2.93. The first-order chi connectivity index (χ1) is 13.7. The minimum atomic E-state index is 0.198. The smallest absolute Gasteiger partial charge is 0.143 e. The zero-order chi connectivity index (χ0) is 19.8. The normalized spacial score (nSPS) is 10.4. The van der Waals surface area contributed by atoms with Gasteiger partial charge in [-0.1, -0.05) is 85.8 Å². The Balaban J connectivity index is 2.04. The number of nitrogens with zero attached hydrogens (tertiary/aromatic N) is 2. The minimum absolute atomic E-state index is 0.198. The van der Waals surface area contributed by atoms with Crippen LogP contribution in [0.1, 0.15) is 31.7 Å². The Bertz CT molecular complexity index is 979. The molecule has 28 heavy (non-hydrogen) atoms. The third-order valence-corrected chi connectivity index (χ3v) is 5.47. The van der Waals surface area contributed by atoms with Crippen LogP contribution in [0.25, 0.3) is 22.4 Å². The Labute approximate surface area is 170 Å². The van der Waals surface area contributed by atoms with Crippen LogP contribution < -0.4 is 0 Å². The first kappa shape index (κ1) is 19.9.